The van der Waals surface area contributed by atoms with E-state index >= 15 is 0 Å². The summed E-state index contributed by atoms with van der Waals surface area (Å²) in [5.41, 5.74) is 1.08. The zero-order valence-electron chi connectivity index (χ0n) is 12.8. The number of amides is 1. The van der Waals surface area contributed by atoms with E-state index in [1.54, 1.807) is 0 Å². The fourth-order valence-corrected chi connectivity index (χ4v) is 3.33. The fourth-order valence-electron chi connectivity index (χ4n) is 2.90. The van der Waals surface area contributed by atoms with Crippen LogP contribution in [0.25, 0.3) is 0 Å². The first-order valence-electron chi connectivity index (χ1n) is 7.97. The van der Waals surface area contributed by atoms with E-state index in [0.717, 1.165) is 41.9 Å². The van der Waals surface area contributed by atoms with Gasteiger partial charge in [-0.05, 0) is 49.8 Å². The number of carbonyl (C=O) groups is 1. The molecule has 0 radical (unpaired) electrons. The van der Waals surface area contributed by atoms with E-state index < -0.39 is 0 Å². The molecule has 1 heterocycles. The van der Waals surface area contributed by atoms with Gasteiger partial charge in [0.25, 0.3) is 0 Å². The number of rotatable bonds is 5. The molecule has 1 aromatic carbocycles. The third kappa shape index (κ3) is 4.97. The number of hydrogen-bond acceptors (Lipinski definition) is 2. The molecule has 1 saturated carbocycles. The van der Waals surface area contributed by atoms with Gasteiger partial charge in [0.2, 0.25) is 5.91 Å². The van der Waals surface area contributed by atoms with Gasteiger partial charge in [0.15, 0.2) is 0 Å². The molecule has 1 aliphatic heterocycles. The Morgan fingerprint density at radius 2 is 1.86 bits per heavy atom. The molecule has 3 rings (SSSR count). The molecule has 1 saturated heterocycles. The molecule has 122 valence electrons. The topological polar surface area (TPSA) is 32.3 Å². The largest absolute Gasteiger partial charge is 0.342 e. The molecule has 0 atom stereocenters. The van der Waals surface area contributed by atoms with E-state index in [-0.39, 0.29) is 18.3 Å². The SMILES string of the molecule is Cl.O=C(Cc1ccccc1Br)N1CCC(NCC2CC2)CC1. The molecule has 1 aromatic rings. The predicted octanol–water partition coefficient (Wildman–Crippen LogP) is 3.40. The average molecular weight is 388 g/mol. The lowest BCUT2D eigenvalue weighted by atomic mass is 10.0. The van der Waals surface area contributed by atoms with Crippen molar-refractivity contribution in [1.82, 2.24) is 10.2 Å². The zero-order valence-corrected chi connectivity index (χ0v) is 15.2. The molecule has 0 unspecified atom stereocenters. The van der Waals surface area contributed by atoms with E-state index in [4.69, 9.17) is 0 Å². The van der Waals surface area contributed by atoms with Crippen LogP contribution >= 0.6 is 28.3 Å². The van der Waals surface area contributed by atoms with Crippen molar-refractivity contribution in [1.29, 1.82) is 0 Å². The second kappa shape index (κ2) is 8.32. The van der Waals surface area contributed by atoms with Gasteiger partial charge in [0.05, 0.1) is 6.42 Å². The number of halogens is 2. The van der Waals surface area contributed by atoms with Gasteiger partial charge in [0.1, 0.15) is 0 Å². The number of nitrogens with zero attached hydrogens (tertiary/aromatic N) is 1. The summed E-state index contributed by atoms with van der Waals surface area (Å²) >= 11 is 3.52. The minimum Gasteiger partial charge on any atom is -0.342 e. The van der Waals surface area contributed by atoms with E-state index in [2.05, 4.69) is 21.2 Å². The first-order chi connectivity index (χ1) is 10.2. The summed E-state index contributed by atoms with van der Waals surface area (Å²) in [7, 11) is 0. The smallest absolute Gasteiger partial charge is 0.227 e. The van der Waals surface area contributed by atoms with Crippen LogP contribution in [-0.2, 0) is 11.2 Å². The minimum absolute atomic E-state index is 0. The van der Waals surface area contributed by atoms with Crippen LogP contribution in [-0.4, -0.2) is 36.5 Å². The van der Waals surface area contributed by atoms with E-state index in [9.17, 15) is 4.79 Å². The molecule has 1 aliphatic carbocycles. The van der Waals surface area contributed by atoms with Crippen LogP contribution in [0.15, 0.2) is 28.7 Å². The summed E-state index contributed by atoms with van der Waals surface area (Å²) in [6, 6.07) is 8.59. The molecule has 3 nitrogen and oxygen atoms in total. The van der Waals surface area contributed by atoms with Crippen LogP contribution in [0.5, 0.6) is 0 Å². The molecule has 0 spiro atoms. The summed E-state index contributed by atoms with van der Waals surface area (Å²) in [6.07, 6.45) is 5.48. The Hall–Kier alpha value is -0.580. The lowest BCUT2D eigenvalue weighted by Gasteiger charge is -2.32. The van der Waals surface area contributed by atoms with Gasteiger partial charge in [-0.15, -0.1) is 12.4 Å². The van der Waals surface area contributed by atoms with Crippen molar-refractivity contribution >= 4 is 34.2 Å². The quantitative estimate of drug-likeness (QED) is 0.840. The first-order valence-corrected chi connectivity index (χ1v) is 8.76. The predicted molar refractivity (Wildman–Crippen MR) is 95.4 cm³/mol. The zero-order chi connectivity index (χ0) is 14.7. The van der Waals surface area contributed by atoms with Crippen LogP contribution in [0.4, 0.5) is 0 Å². The first kappa shape index (κ1) is 17.8. The van der Waals surface area contributed by atoms with Crippen molar-refractivity contribution in [3.05, 3.63) is 34.3 Å². The van der Waals surface area contributed by atoms with Gasteiger partial charge in [-0.25, -0.2) is 0 Å². The number of benzene rings is 1. The number of carbonyl (C=O) groups excluding carboxylic acids is 1. The van der Waals surface area contributed by atoms with Gasteiger partial charge >= 0.3 is 0 Å². The molecule has 22 heavy (non-hydrogen) atoms. The average Bonchev–Trinajstić information content (AvgIpc) is 3.32. The molecule has 0 bridgehead atoms. The van der Waals surface area contributed by atoms with Crippen LogP contribution in [0.3, 0.4) is 0 Å². The molecule has 2 aliphatic rings. The highest BCUT2D eigenvalue weighted by Crippen LogP contribution is 2.28. The van der Waals surface area contributed by atoms with Crippen molar-refractivity contribution in [2.24, 2.45) is 5.92 Å². The van der Waals surface area contributed by atoms with Crippen molar-refractivity contribution in [3.8, 4) is 0 Å². The van der Waals surface area contributed by atoms with Crippen molar-refractivity contribution in [2.75, 3.05) is 19.6 Å². The molecular weight excluding hydrogens is 364 g/mol. The fraction of sp³-hybridized carbons (Fsp3) is 0.588. The van der Waals surface area contributed by atoms with Gasteiger partial charge < -0.3 is 10.2 Å². The van der Waals surface area contributed by atoms with Crippen molar-refractivity contribution < 1.29 is 4.79 Å². The maximum atomic E-state index is 12.4. The summed E-state index contributed by atoms with van der Waals surface area (Å²) < 4.78 is 1.03. The Morgan fingerprint density at radius 3 is 2.50 bits per heavy atom. The number of hydrogen-bond donors (Lipinski definition) is 1. The molecule has 0 aromatic heterocycles. The molecular formula is C17H24BrClN2O. The summed E-state index contributed by atoms with van der Waals surface area (Å²) in [4.78, 5) is 14.4. The monoisotopic (exact) mass is 386 g/mol. The van der Waals surface area contributed by atoms with E-state index in [1.165, 1.54) is 19.4 Å². The van der Waals surface area contributed by atoms with Gasteiger partial charge in [-0.1, -0.05) is 34.1 Å². The van der Waals surface area contributed by atoms with E-state index in [0.29, 0.717) is 12.5 Å². The minimum atomic E-state index is 0. The summed E-state index contributed by atoms with van der Waals surface area (Å²) in [6.45, 7) is 2.97. The molecule has 2 fully saturated rings. The Labute approximate surface area is 147 Å². The number of likely N-dealkylation sites (tertiary alicyclic amines) is 1. The van der Waals surface area contributed by atoms with Crippen LogP contribution in [0, 0.1) is 5.92 Å². The maximum Gasteiger partial charge on any atom is 0.227 e. The van der Waals surface area contributed by atoms with Crippen molar-refractivity contribution in [2.45, 2.75) is 38.1 Å². The Morgan fingerprint density at radius 1 is 1.18 bits per heavy atom. The Kier molecular flexibility index (Phi) is 6.72. The van der Waals surface area contributed by atoms with Crippen LogP contribution < -0.4 is 5.32 Å². The second-order valence-corrected chi connectivity index (χ2v) is 7.13. The highest BCUT2D eigenvalue weighted by atomic mass is 79.9. The molecule has 5 heteroatoms. The normalized spacial score (nSPS) is 18.9. The Balaban J connectivity index is 0.00000176. The lowest BCUT2D eigenvalue weighted by molar-refractivity contribution is -0.131. The van der Waals surface area contributed by atoms with Crippen LogP contribution in [0.2, 0.25) is 0 Å². The standard InChI is InChI=1S/C17H23BrN2O.ClH/c18-16-4-2-1-3-14(16)11-17(21)20-9-7-15(8-10-20)19-12-13-5-6-13;/h1-4,13,15,19H,5-12H2;1H. The van der Waals surface area contributed by atoms with Crippen molar-refractivity contribution in [3.63, 3.8) is 0 Å². The molecule has 1 amide bonds. The Bertz CT molecular complexity index is 499. The maximum absolute atomic E-state index is 12.4. The summed E-state index contributed by atoms with van der Waals surface area (Å²) in [5, 5.41) is 3.66. The highest BCUT2D eigenvalue weighted by Gasteiger charge is 2.26. The third-order valence-electron chi connectivity index (χ3n) is 4.54. The molecule has 1 N–H and O–H groups in total. The van der Waals surface area contributed by atoms with E-state index in [1.807, 2.05) is 29.2 Å². The van der Waals surface area contributed by atoms with Crippen LogP contribution in [0.1, 0.15) is 31.2 Å². The van der Waals surface area contributed by atoms with Gasteiger partial charge in [-0.2, -0.15) is 0 Å². The van der Waals surface area contributed by atoms with Gasteiger partial charge in [-0.3, -0.25) is 4.79 Å². The summed E-state index contributed by atoms with van der Waals surface area (Å²) in [5.74, 6) is 1.18. The number of piperidine rings is 1. The second-order valence-electron chi connectivity index (χ2n) is 6.27. The highest BCUT2D eigenvalue weighted by molar-refractivity contribution is 9.10. The lowest BCUT2D eigenvalue weighted by Crippen LogP contribution is -2.45. The van der Waals surface area contributed by atoms with Gasteiger partial charge in [0, 0.05) is 23.6 Å². The third-order valence-corrected chi connectivity index (χ3v) is 5.31. The number of nitrogens with one attached hydrogen (secondary N) is 1.